The van der Waals surface area contributed by atoms with Crippen LogP contribution in [0, 0.1) is 0 Å². The number of fused-ring (bicyclic) bond motifs is 1. The van der Waals surface area contributed by atoms with Crippen LogP contribution in [-0.2, 0) is 29.3 Å². The Morgan fingerprint density at radius 3 is 2.38 bits per heavy atom. The summed E-state index contributed by atoms with van der Waals surface area (Å²) in [7, 11) is -2.08. The number of hydrogen-bond donors (Lipinski definition) is 1. The average molecular weight is 394 g/mol. The lowest BCUT2D eigenvalue weighted by atomic mass is 9.92. The van der Waals surface area contributed by atoms with Crippen LogP contribution in [0.3, 0.4) is 0 Å². The fraction of sp³-hybridized carbons (Fsp3) is 0.400. The van der Waals surface area contributed by atoms with Gasteiger partial charge in [-0.2, -0.15) is 0 Å². The Balaban J connectivity index is 1.66. The molecule has 26 heavy (non-hydrogen) atoms. The molecule has 140 valence electrons. The van der Waals surface area contributed by atoms with Crippen LogP contribution in [0.5, 0.6) is 5.75 Å². The Morgan fingerprint density at radius 1 is 1.08 bits per heavy atom. The van der Waals surface area contributed by atoms with Crippen LogP contribution in [0.1, 0.15) is 36.0 Å². The summed E-state index contributed by atoms with van der Waals surface area (Å²) in [6, 6.07) is 11.3. The molecule has 1 N–H and O–H groups in total. The third kappa shape index (κ3) is 4.58. The SMILES string of the molecule is COc1cc2c(cc1S(=O)(=O)NCCCc1ccc(Cl)cc1)CCCC2. The van der Waals surface area contributed by atoms with Crippen molar-refractivity contribution in [1.29, 1.82) is 0 Å². The molecule has 6 heteroatoms. The summed E-state index contributed by atoms with van der Waals surface area (Å²) in [6.45, 7) is 0.380. The van der Waals surface area contributed by atoms with Crippen molar-refractivity contribution >= 4 is 21.6 Å². The molecule has 1 aliphatic rings. The van der Waals surface area contributed by atoms with Crippen molar-refractivity contribution in [1.82, 2.24) is 4.72 Å². The van der Waals surface area contributed by atoms with Crippen LogP contribution in [0.4, 0.5) is 0 Å². The Labute approximate surface area is 160 Å². The monoisotopic (exact) mass is 393 g/mol. The maximum Gasteiger partial charge on any atom is 0.244 e. The van der Waals surface area contributed by atoms with Gasteiger partial charge in [0, 0.05) is 11.6 Å². The van der Waals surface area contributed by atoms with Gasteiger partial charge < -0.3 is 4.74 Å². The normalized spacial score (nSPS) is 14.1. The van der Waals surface area contributed by atoms with Gasteiger partial charge in [-0.3, -0.25) is 0 Å². The second-order valence-corrected chi connectivity index (χ2v) is 8.78. The number of sulfonamides is 1. The number of aryl methyl sites for hydroxylation is 3. The molecule has 0 fully saturated rings. The molecule has 4 nitrogen and oxygen atoms in total. The van der Waals surface area contributed by atoms with Crippen molar-refractivity contribution in [3.05, 3.63) is 58.1 Å². The first kappa shape index (κ1) is 19.2. The molecule has 0 saturated heterocycles. The third-order valence-corrected chi connectivity index (χ3v) is 6.50. The lowest BCUT2D eigenvalue weighted by Gasteiger charge is -2.19. The molecule has 0 saturated carbocycles. The summed E-state index contributed by atoms with van der Waals surface area (Å²) in [4.78, 5) is 0.243. The number of hydrogen-bond acceptors (Lipinski definition) is 3. The van der Waals surface area contributed by atoms with Gasteiger partial charge in [-0.15, -0.1) is 0 Å². The average Bonchev–Trinajstić information content (AvgIpc) is 2.65. The molecular weight excluding hydrogens is 370 g/mol. The molecule has 0 atom stereocenters. The van der Waals surface area contributed by atoms with E-state index >= 15 is 0 Å². The van der Waals surface area contributed by atoms with Crippen LogP contribution in [0.2, 0.25) is 5.02 Å². The van der Waals surface area contributed by atoms with Gasteiger partial charge in [-0.25, -0.2) is 13.1 Å². The number of benzene rings is 2. The van der Waals surface area contributed by atoms with E-state index in [1.165, 1.54) is 12.7 Å². The van der Waals surface area contributed by atoms with E-state index < -0.39 is 10.0 Å². The predicted octanol–water partition coefficient (Wildman–Crippen LogP) is 4.14. The number of nitrogens with one attached hydrogen (secondary N) is 1. The van der Waals surface area contributed by atoms with Gasteiger partial charge in [-0.05, 0) is 79.5 Å². The van der Waals surface area contributed by atoms with Crippen LogP contribution >= 0.6 is 11.6 Å². The second kappa shape index (κ2) is 8.42. The molecule has 2 aromatic carbocycles. The number of methoxy groups -OCH3 is 1. The Kier molecular flexibility index (Phi) is 6.22. The highest BCUT2D eigenvalue weighted by molar-refractivity contribution is 7.89. The highest BCUT2D eigenvalue weighted by atomic mass is 35.5. The largest absolute Gasteiger partial charge is 0.495 e. The van der Waals surface area contributed by atoms with Gasteiger partial charge in [0.05, 0.1) is 7.11 Å². The van der Waals surface area contributed by atoms with E-state index in [2.05, 4.69) is 4.72 Å². The quantitative estimate of drug-likeness (QED) is 0.719. The van der Waals surface area contributed by atoms with Crippen LogP contribution in [0.15, 0.2) is 41.3 Å². The lowest BCUT2D eigenvalue weighted by molar-refractivity contribution is 0.401. The van der Waals surface area contributed by atoms with Crippen molar-refractivity contribution in [2.45, 2.75) is 43.4 Å². The van der Waals surface area contributed by atoms with E-state index in [4.69, 9.17) is 16.3 Å². The molecule has 0 heterocycles. The van der Waals surface area contributed by atoms with E-state index in [9.17, 15) is 8.42 Å². The summed E-state index contributed by atoms with van der Waals surface area (Å²) in [5.41, 5.74) is 3.47. The summed E-state index contributed by atoms with van der Waals surface area (Å²) < 4.78 is 33.5. The van der Waals surface area contributed by atoms with Crippen molar-refractivity contribution in [3.8, 4) is 5.75 Å². The number of halogens is 1. The predicted molar refractivity (Wildman–Crippen MR) is 105 cm³/mol. The molecule has 1 aliphatic carbocycles. The molecule has 0 unspecified atom stereocenters. The fourth-order valence-corrected chi connectivity index (χ4v) is 4.74. The van der Waals surface area contributed by atoms with Crippen LogP contribution in [-0.4, -0.2) is 22.1 Å². The van der Waals surface area contributed by atoms with E-state index in [0.717, 1.165) is 43.2 Å². The first-order chi connectivity index (χ1) is 12.5. The van der Waals surface area contributed by atoms with Crippen molar-refractivity contribution in [2.24, 2.45) is 0 Å². The first-order valence-corrected chi connectivity index (χ1v) is 10.8. The summed E-state index contributed by atoms with van der Waals surface area (Å²) in [5, 5.41) is 0.703. The van der Waals surface area contributed by atoms with Crippen LogP contribution < -0.4 is 9.46 Å². The van der Waals surface area contributed by atoms with Crippen molar-refractivity contribution in [3.63, 3.8) is 0 Å². The van der Waals surface area contributed by atoms with Crippen molar-refractivity contribution < 1.29 is 13.2 Å². The summed E-state index contributed by atoms with van der Waals surface area (Å²) in [5.74, 6) is 0.427. The van der Waals surface area contributed by atoms with E-state index in [1.54, 1.807) is 6.07 Å². The maximum absolute atomic E-state index is 12.7. The summed E-state index contributed by atoms with van der Waals surface area (Å²) >= 11 is 5.88. The minimum absolute atomic E-state index is 0.243. The fourth-order valence-electron chi connectivity index (χ4n) is 3.34. The second-order valence-electron chi connectivity index (χ2n) is 6.61. The molecule has 0 aromatic heterocycles. The van der Waals surface area contributed by atoms with Gasteiger partial charge >= 0.3 is 0 Å². The topological polar surface area (TPSA) is 55.4 Å². The Morgan fingerprint density at radius 2 is 1.73 bits per heavy atom. The molecule has 2 aromatic rings. The van der Waals surface area contributed by atoms with Crippen LogP contribution in [0.25, 0.3) is 0 Å². The molecule has 3 rings (SSSR count). The lowest BCUT2D eigenvalue weighted by Crippen LogP contribution is -2.26. The van der Waals surface area contributed by atoms with Gasteiger partial charge in [0.15, 0.2) is 0 Å². The maximum atomic E-state index is 12.7. The van der Waals surface area contributed by atoms with E-state index in [1.807, 2.05) is 30.3 Å². The number of rotatable bonds is 7. The minimum atomic E-state index is -3.59. The Bertz CT molecular complexity index is 863. The standard InChI is InChI=1S/C20H24ClNO3S/c1-25-19-13-16-6-2-3-7-17(16)14-20(19)26(23,24)22-12-4-5-15-8-10-18(21)11-9-15/h8-11,13-14,22H,2-7,12H2,1H3. The van der Waals surface area contributed by atoms with Gasteiger partial charge in [0.1, 0.15) is 10.6 Å². The third-order valence-electron chi connectivity index (χ3n) is 4.77. The molecule has 0 bridgehead atoms. The molecule has 0 spiro atoms. The Hall–Kier alpha value is -1.56. The van der Waals surface area contributed by atoms with Crippen molar-refractivity contribution in [2.75, 3.05) is 13.7 Å². The highest BCUT2D eigenvalue weighted by Crippen LogP contribution is 2.31. The van der Waals surface area contributed by atoms with E-state index in [-0.39, 0.29) is 4.90 Å². The molecule has 0 amide bonds. The molecule has 0 aliphatic heterocycles. The minimum Gasteiger partial charge on any atom is -0.495 e. The first-order valence-electron chi connectivity index (χ1n) is 8.93. The smallest absolute Gasteiger partial charge is 0.244 e. The van der Waals surface area contributed by atoms with Gasteiger partial charge in [0.25, 0.3) is 0 Å². The highest BCUT2D eigenvalue weighted by Gasteiger charge is 2.22. The number of ether oxygens (including phenoxy) is 1. The zero-order valence-electron chi connectivity index (χ0n) is 14.9. The molecular formula is C20H24ClNO3S. The molecule has 0 radical (unpaired) electrons. The van der Waals surface area contributed by atoms with Gasteiger partial charge in [-0.1, -0.05) is 23.7 Å². The zero-order valence-corrected chi connectivity index (χ0v) is 16.5. The van der Waals surface area contributed by atoms with E-state index in [0.29, 0.717) is 23.7 Å². The summed E-state index contributed by atoms with van der Waals surface area (Å²) in [6.07, 6.45) is 5.67. The zero-order chi connectivity index (χ0) is 18.6. The van der Waals surface area contributed by atoms with Gasteiger partial charge in [0.2, 0.25) is 10.0 Å².